The van der Waals surface area contributed by atoms with Gasteiger partial charge >= 0.3 is 0 Å². The minimum atomic E-state index is 0.284. The molecule has 1 fully saturated rings. The van der Waals surface area contributed by atoms with Gasteiger partial charge in [-0.3, -0.25) is 9.59 Å². The molecule has 1 rings (SSSR count). The first-order valence-electron chi connectivity index (χ1n) is 19.5. The van der Waals surface area contributed by atoms with Crippen molar-refractivity contribution in [2.75, 3.05) is 26.2 Å². The monoisotopic (exact) mass is 615 g/mol. The average Bonchev–Trinajstić information content (AvgIpc) is 3.04. The summed E-state index contributed by atoms with van der Waals surface area (Å²) < 4.78 is 0. The second-order valence-electron chi connectivity index (χ2n) is 13.4. The molecule has 0 aliphatic carbocycles. The summed E-state index contributed by atoms with van der Waals surface area (Å²) in [5.41, 5.74) is 0. The third-order valence-electron chi connectivity index (χ3n) is 9.29. The van der Waals surface area contributed by atoms with E-state index < -0.39 is 0 Å². The zero-order valence-electron chi connectivity index (χ0n) is 29.6. The number of rotatable bonds is 30. The Morgan fingerprint density at radius 3 is 0.932 bits per heavy atom. The van der Waals surface area contributed by atoms with E-state index in [1.807, 2.05) is 9.80 Å². The summed E-state index contributed by atoms with van der Waals surface area (Å²) >= 11 is 0. The number of unbranched alkanes of at least 4 members (excludes halogenated alkanes) is 22. The molecule has 44 heavy (non-hydrogen) atoms. The van der Waals surface area contributed by atoms with Crippen LogP contribution in [0.5, 0.6) is 0 Å². The molecule has 256 valence electrons. The highest BCUT2D eigenvalue weighted by molar-refractivity contribution is 5.78. The first-order chi connectivity index (χ1) is 21.7. The van der Waals surface area contributed by atoms with Crippen LogP contribution in [0, 0.1) is 0 Å². The maximum Gasteiger partial charge on any atom is 0.222 e. The zero-order valence-corrected chi connectivity index (χ0v) is 29.6. The minimum Gasteiger partial charge on any atom is -0.339 e. The highest BCUT2D eigenvalue weighted by Crippen LogP contribution is 2.14. The smallest absolute Gasteiger partial charge is 0.222 e. The van der Waals surface area contributed by atoms with E-state index in [-0.39, 0.29) is 11.8 Å². The van der Waals surface area contributed by atoms with Crippen molar-refractivity contribution in [2.24, 2.45) is 0 Å². The Labute approximate surface area is 274 Å². The lowest BCUT2D eigenvalue weighted by Gasteiger charge is -2.35. The number of carbonyl (C=O) groups excluding carboxylic acids is 2. The molecule has 4 nitrogen and oxygen atoms in total. The molecular weight excluding hydrogens is 540 g/mol. The normalized spacial score (nSPS) is 14.0. The Bertz CT molecular complexity index is 648. The van der Waals surface area contributed by atoms with E-state index in [1.165, 1.54) is 141 Å². The molecule has 0 unspecified atom stereocenters. The van der Waals surface area contributed by atoms with Gasteiger partial charge in [-0.05, 0) is 64.2 Å². The van der Waals surface area contributed by atoms with Crippen molar-refractivity contribution in [2.45, 2.75) is 194 Å². The molecule has 0 bridgehead atoms. The van der Waals surface area contributed by atoms with Gasteiger partial charge in [0.1, 0.15) is 0 Å². The Hall–Kier alpha value is -1.58. The maximum atomic E-state index is 12.6. The number of amides is 2. The number of carbonyl (C=O) groups is 2. The maximum absolute atomic E-state index is 12.6. The molecule has 0 saturated carbocycles. The SMILES string of the molecule is CCCCCCCCC=CCCCCCCCC(=O)N1CCN(C(=O)CCCCCCCC=CCCCCCCCC)CC1. The van der Waals surface area contributed by atoms with E-state index in [0.29, 0.717) is 39.0 Å². The van der Waals surface area contributed by atoms with Crippen molar-refractivity contribution in [1.82, 2.24) is 9.80 Å². The van der Waals surface area contributed by atoms with Crippen LogP contribution in [0.2, 0.25) is 0 Å². The summed E-state index contributed by atoms with van der Waals surface area (Å²) in [5, 5.41) is 0. The molecular formula is C40H74N2O2. The second kappa shape index (κ2) is 31.4. The number of piperazine rings is 1. The second-order valence-corrected chi connectivity index (χ2v) is 13.4. The van der Waals surface area contributed by atoms with E-state index >= 15 is 0 Å². The van der Waals surface area contributed by atoms with Crippen LogP contribution in [-0.2, 0) is 9.59 Å². The molecule has 1 aliphatic rings. The van der Waals surface area contributed by atoms with E-state index in [0.717, 1.165) is 25.7 Å². The highest BCUT2D eigenvalue weighted by Gasteiger charge is 2.23. The van der Waals surface area contributed by atoms with Gasteiger partial charge in [0.25, 0.3) is 0 Å². The summed E-state index contributed by atoms with van der Waals surface area (Å²) in [6.07, 6.45) is 44.1. The van der Waals surface area contributed by atoms with Crippen LogP contribution < -0.4 is 0 Å². The number of hydrogen-bond donors (Lipinski definition) is 0. The van der Waals surface area contributed by atoms with E-state index in [1.54, 1.807) is 0 Å². The molecule has 0 aromatic carbocycles. The fourth-order valence-corrected chi connectivity index (χ4v) is 6.22. The molecule has 0 aromatic rings. The molecule has 0 radical (unpaired) electrons. The molecule has 0 aromatic heterocycles. The van der Waals surface area contributed by atoms with Gasteiger partial charge in [-0.1, -0.05) is 141 Å². The molecule has 0 spiro atoms. The highest BCUT2D eigenvalue weighted by atomic mass is 16.2. The molecule has 2 amide bonds. The number of allylic oxidation sites excluding steroid dienone is 4. The Morgan fingerprint density at radius 1 is 0.386 bits per heavy atom. The molecule has 4 heteroatoms. The van der Waals surface area contributed by atoms with E-state index in [9.17, 15) is 9.59 Å². The van der Waals surface area contributed by atoms with Crippen LogP contribution >= 0.6 is 0 Å². The van der Waals surface area contributed by atoms with Gasteiger partial charge in [-0.15, -0.1) is 0 Å². The first-order valence-corrected chi connectivity index (χ1v) is 19.5. The van der Waals surface area contributed by atoms with Crippen molar-refractivity contribution in [3.05, 3.63) is 24.3 Å². The van der Waals surface area contributed by atoms with Crippen LogP contribution in [0.25, 0.3) is 0 Å². The summed E-state index contributed by atoms with van der Waals surface area (Å²) in [5.74, 6) is 0.568. The van der Waals surface area contributed by atoms with Gasteiger partial charge in [0.05, 0.1) is 0 Å². The van der Waals surface area contributed by atoms with Gasteiger partial charge in [0, 0.05) is 39.0 Å². The van der Waals surface area contributed by atoms with Crippen molar-refractivity contribution in [1.29, 1.82) is 0 Å². The molecule has 1 aliphatic heterocycles. The lowest BCUT2D eigenvalue weighted by Crippen LogP contribution is -2.50. The Morgan fingerprint density at radius 2 is 0.636 bits per heavy atom. The Kier molecular flexibility index (Phi) is 28.9. The van der Waals surface area contributed by atoms with Gasteiger partial charge < -0.3 is 9.80 Å². The summed E-state index contributed by atoms with van der Waals surface area (Å²) in [7, 11) is 0. The van der Waals surface area contributed by atoms with Crippen molar-refractivity contribution in [3.8, 4) is 0 Å². The van der Waals surface area contributed by atoms with Crippen LogP contribution in [0.3, 0.4) is 0 Å². The quantitative estimate of drug-likeness (QED) is 0.0596. The molecule has 0 atom stereocenters. The summed E-state index contributed by atoms with van der Waals surface area (Å²) in [6.45, 7) is 7.39. The standard InChI is InChI=1S/C40H74N2O2/c1-3-5-7-9-11-13-15-17-19-21-23-25-27-29-31-33-39(43)41-35-37-42(38-36-41)40(44)34-32-30-28-26-24-22-20-18-16-14-12-10-8-6-4-2/h17-20H,3-16,21-38H2,1-2H3. The van der Waals surface area contributed by atoms with E-state index in [2.05, 4.69) is 38.2 Å². The topological polar surface area (TPSA) is 40.6 Å². The fraction of sp³-hybridized carbons (Fsp3) is 0.850. The third kappa shape index (κ3) is 24.7. The van der Waals surface area contributed by atoms with Gasteiger partial charge in [-0.25, -0.2) is 0 Å². The molecule has 0 N–H and O–H groups in total. The predicted octanol–water partition coefficient (Wildman–Crippen LogP) is 11.7. The Balaban J connectivity index is 1.90. The third-order valence-corrected chi connectivity index (χ3v) is 9.29. The zero-order chi connectivity index (χ0) is 31.8. The van der Waals surface area contributed by atoms with Crippen LogP contribution in [-0.4, -0.2) is 47.8 Å². The first kappa shape index (κ1) is 40.4. The predicted molar refractivity (Wildman–Crippen MR) is 192 cm³/mol. The van der Waals surface area contributed by atoms with Crippen LogP contribution in [0.15, 0.2) is 24.3 Å². The van der Waals surface area contributed by atoms with Gasteiger partial charge in [0.2, 0.25) is 11.8 Å². The van der Waals surface area contributed by atoms with E-state index in [4.69, 9.17) is 0 Å². The fourth-order valence-electron chi connectivity index (χ4n) is 6.22. The van der Waals surface area contributed by atoms with Gasteiger partial charge in [0.15, 0.2) is 0 Å². The van der Waals surface area contributed by atoms with Crippen molar-refractivity contribution in [3.63, 3.8) is 0 Å². The molecule has 1 heterocycles. The number of hydrogen-bond acceptors (Lipinski definition) is 2. The van der Waals surface area contributed by atoms with Crippen LogP contribution in [0.1, 0.15) is 194 Å². The minimum absolute atomic E-state index is 0.284. The number of nitrogens with zero attached hydrogens (tertiary/aromatic N) is 2. The lowest BCUT2D eigenvalue weighted by atomic mass is 10.1. The lowest BCUT2D eigenvalue weighted by molar-refractivity contribution is -0.139. The van der Waals surface area contributed by atoms with Gasteiger partial charge in [-0.2, -0.15) is 0 Å². The average molecular weight is 615 g/mol. The molecule has 1 saturated heterocycles. The van der Waals surface area contributed by atoms with Crippen molar-refractivity contribution >= 4 is 11.8 Å². The van der Waals surface area contributed by atoms with Crippen LogP contribution in [0.4, 0.5) is 0 Å². The van der Waals surface area contributed by atoms with Crippen molar-refractivity contribution < 1.29 is 9.59 Å². The summed E-state index contributed by atoms with van der Waals surface area (Å²) in [4.78, 5) is 29.3. The largest absolute Gasteiger partial charge is 0.339 e. The summed E-state index contributed by atoms with van der Waals surface area (Å²) in [6, 6.07) is 0.